The normalized spacial score (nSPS) is 11.9. The Balaban J connectivity index is 1.45. The first kappa shape index (κ1) is 22.1. The number of hydrogen-bond acceptors (Lipinski definition) is 6. The van der Waals surface area contributed by atoms with Gasteiger partial charge in [-0.25, -0.2) is 4.39 Å². The van der Waals surface area contributed by atoms with Crippen LogP contribution in [0.15, 0.2) is 88.3 Å². The predicted molar refractivity (Wildman–Crippen MR) is 128 cm³/mol. The maximum Gasteiger partial charge on any atom is 0.259 e. The summed E-state index contributed by atoms with van der Waals surface area (Å²) in [4.78, 5) is 34.5. The van der Waals surface area contributed by atoms with E-state index in [0.29, 0.717) is 28.0 Å². The lowest BCUT2D eigenvalue weighted by atomic mass is 10.1. The minimum absolute atomic E-state index is 0.181. The van der Waals surface area contributed by atoms with Crippen LogP contribution >= 0.6 is 0 Å². The first-order valence-corrected chi connectivity index (χ1v) is 10.9. The Hall–Kier alpha value is -4.66. The Kier molecular flexibility index (Phi) is 5.88. The zero-order valence-corrected chi connectivity index (χ0v) is 18.7. The molecule has 0 fully saturated rings. The number of amides is 1. The van der Waals surface area contributed by atoms with E-state index in [1.54, 1.807) is 49.5 Å². The molecule has 8 nitrogen and oxygen atoms in total. The van der Waals surface area contributed by atoms with Crippen LogP contribution in [0.4, 0.5) is 4.39 Å². The Bertz CT molecular complexity index is 1560. The van der Waals surface area contributed by atoms with Gasteiger partial charge in [0.1, 0.15) is 18.1 Å². The van der Waals surface area contributed by atoms with Crippen LogP contribution in [0.2, 0.25) is 0 Å². The van der Waals surface area contributed by atoms with Crippen LogP contribution in [-0.2, 0) is 11.3 Å². The van der Waals surface area contributed by atoms with Crippen molar-refractivity contribution in [1.29, 1.82) is 0 Å². The van der Waals surface area contributed by atoms with E-state index in [1.165, 1.54) is 22.8 Å². The van der Waals surface area contributed by atoms with Gasteiger partial charge >= 0.3 is 0 Å². The summed E-state index contributed by atoms with van der Waals surface area (Å²) >= 11 is 0. The number of nitrogens with zero attached hydrogens (tertiary/aromatic N) is 4. The molecule has 0 aliphatic heterocycles. The van der Waals surface area contributed by atoms with Gasteiger partial charge in [0.25, 0.3) is 11.4 Å². The van der Waals surface area contributed by atoms with Gasteiger partial charge in [0.2, 0.25) is 11.7 Å². The molecule has 1 N–H and O–H groups in total. The highest BCUT2D eigenvalue weighted by atomic mass is 19.1. The standard InChI is InChI=1S/C26H20FN5O3/c1-16(17-9-11-18(27)12-10-17)29-23(33)15-32-22-8-3-2-6-19(22)20(14-24(32)34)26-30-25(31-35-26)21-7-4-5-13-28-21/h2-14,16H,15H2,1H3,(H,29,33)/t16-/m0/s1. The second-order valence-electron chi connectivity index (χ2n) is 7.98. The van der Waals surface area contributed by atoms with Gasteiger partial charge in [-0.1, -0.05) is 41.6 Å². The molecule has 2 aromatic carbocycles. The smallest absolute Gasteiger partial charge is 0.259 e. The molecule has 3 heterocycles. The molecule has 5 aromatic rings. The number of carbonyl (C=O) groups excluding carboxylic acids is 1. The summed E-state index contributed by atoms with van der Waals surface area (Å²) in [5.41, 5.74) is 1.94. The lowest BCUT2D eigenvalue weighted by molar-refractivity contribution is -0.122. The van der Waals surface area contributed by atoms with E-state index in [2.05, 4.69) is 20.4 Å². The van der Waals surface area contributed by atoms with Gasteiger partial charge in [0, 0.05) is 17.6 Å². The van der Waals surface area contributed by atoms with Gasteiger partial charge in [0.05, 0.1) is 17.1 Å². The average Bonchev–Trinajstić information content (AvgIpc) is 3.37. The molecule has 9 heteroatoms. The molecule has 3 aromatic heterocycles. The number of aromatic nitrogens is 4. The van der Waals surface area contributed by atoms with Crippen LogP contribution in [-0.4, -0.2) is 25.6 Å². The molecule has 174 valence electrons. The van der Waals surface area contributed by atoms with E-state index in [9.17, 15) is 14.0 Å². The number of hydrogen-bond donors (Lipinski definition) is 1. The zero-order valence-electron chi connectivity index (χ0n) is 18.7. The van der Waals surface area contributed by atoms with E-state index in [0.717, 1.165) is 5.56 Å². The molecule has 35 heavy (non-hydrogen) atoms. The third-order valence-electron chi connectivity index (χ3n) is 5.62. The number of pyridine rings is 2. The SMILES string of the molecule is C[C@H](NC(=O)Cn1c(=O)cc(-c2nc(-c3ccccn3)no2)c2ccccc21)c1ccc(F)cc1. The second kappa shape index (κ2) is 9.30. The summed E-state index contributed by atoms with van der Waals surface area (Å²) in [5.74, 6) is -0.209. The quantitative estimate of drug-likeness (QED) is 0.401. The summed E-state index contributed by atoms with van der Waals surface area (Å²) in [6, 6.07) is 19.5. The number of halogens is 1. The number of para-hydroxylation sites is 1. The lowest BCUT2D eigenvalue weighted by Gasteiger charge is -2.16. The van der Waals surface area contributed by atoms with Crippen LogP contribution in [0, 0.1) is 5.82 Å². The van der Waals surface area contributed by atoms with Crippen molar-refractivity contribution in [2.75, 3.05) is 0 Å². The van der Waals surface area contributed by atoms with Crippen molar-refractivity contribution in [3.8, 4) is 23.0 Å². The topological polar surface area (TPSA) is 103 Å². The van der Waals surface area contributed by atoms with E-state index in [4.69, 9.17) is 4.52 Å². The fourth-order valence-electron chi connectivity index (χ4n) is 3.87. The highest BCUT2D eigenvalue weighted by molar-refractivity contribution is 5.93. The third kappa shape index (κ3) is 4.56. The number of fused-ring (bicyclic) bond motifs is 1. The highest BCUT2D eigenvalue weighted by Gasteiger charge is 2.18. The molecule has 0 saturated heterocycles. The number of benzene rings is 2. The molecule has 0 bridgehead atoms. The average molecular weight is 469 g/mol. The van der Waals surface area contributed by atoms with Crippen molar-refractivity contribution in [3.63, 3.8) is 0 Å². The summed E-state index contributed by atoms with van der Waals surface area (Å²) in [6.07, 6.45) is 1.63. The molecule has 0 radical (unpaired) electrons. The van der Waals surface area contributed by atoms with Crippen LogP contribution in [0.5, 0.6) is 0 Å². The molecule has 1 amide bonds. The Morgan fingerprint density at radius 1 is 1.09 bits per heavy atom. The molecule has 1 atom stereocenters. The van der Waals surface area contributed by atoms with Crippen LogP contribution < -0.4 is 10.9 Å². The largest absolute Gasteiger partial charge is 0.348 e. The maximum absolute atomic E-state index is 13.2. The van der Waals surface area contributed by atoms with Crippen LogP contribution in [0.25, 0.3) is 33.9 Å². The second-order valence-corrected chi connectivity index (χ2v) is 7.98. The summed E-state index contributed by atoms with van der Waals surface area (Å²) in [5, 5.41) is 7.53. The molecular formula is C26H20FN5O3. The van der Waals surface area contributed by atoms with E-state index < -0.39 is 0 Å². The minimum atomic E-state index is -0.388. The van der Waals surface area contributed by atoms with Gasteiger partial charge in [-0.2, -0.15) is 4.98 Å². The molecular weight excluding hydrogens is 449 g/mol. The van der Waals surface area contributed by atoms with E-state index >= 15 is 0 Å². The monoisotopic (exact) mass is 469 g/mol. The van der Waals surface area contributed by atoms with Crippen LogP contribution in [0.1, 0.15) is 18.5 Å². The van der Waals surface area contributed by atoms with Gasteiger partial charge in [-0.05, 0) is 42.8 Å². The third-order valence-corrected chi connectivity index (χ3v) is 5.62. The summed E-state index contributed by atoms with van der Waals surface area (Å²) in [7, 11) is 0. The zero-order chi connectivity index (χ0) is 24.4. The van der Waals surface area contributed by atoms with E-state index in [1.807, 2.05) is 18.2 Å². The predicted octanol–water partition coefficient (Wildman–Crippen LogP) is 4.13. The number of rotatable bonds is 6. The maximum atomic E-state index is 13.2. The Morgan fingerprint density at radius 3 is 2.63 bits per heavy atom. The Morgan fingerprint density at radius 2 is 1.86 bits per heavy atom. The molecule has 5 rings (SSSR count). The number of carbonyl (C=O) groups is 1. The first-order valence-electron chi connectivity index (χ1n) is 10.9. The van der Waals surface area contributed by atoms with Crippen LogP contribution in [0.3, 0.4) is 0 Å². The van der Waals surface area contributed by atoms with Gasteiger partial charge in [-0.3, -0.25) is 19.1 Å². The van der Waals surface area contributed by atoms with E-state index in [-0.39, 0.29) is 35.8 Å². The fourth-order valence-corrected chi connectivity index (χ4v) is 3.87. The Labute approximate surface area is 199 Å². The lowest BCUT2D eigenvalue weighted by Crippen LogP contribution is -2.34. The minimum Gasteiger partial charge on any atom is -0.348 e. The molecule has 0 aliphatic carbocycles. The number of nitrogens with one attached hydrogen (secondary N) is 1. The van der Waals surface area contributed by atoms with Crippen molar-refractivity contribution in [1.82, 2.24) is 25.0 Å². The van der Waals surface area contributed by atoms with Gasteiger partial charge in [0.15, 0.2) is 0 Å². The summed E-state index contributed by atoms with van der Waals surface area (Å²) in [6.45, 7) is 1.61. The van der Waals surface area contributed by atoms with Crippen molar-refractivity contribution in [2.45, 2.75) is 19.5 Å². The van der Waals surface area contributed by atoms with Crippen molar-refractivity contribution in [3.05, 3.63) is 101 Å². The summed E-state index contributed by atoms with van der Waals surface area (Å²) < 4.78 is 20.0. The van der Waals surface area contributed by atoms with Gasteiger partial charge in [-0.15, -0.1) is 0 Å². The first-order chi connectivity index (χ1) is 17.0. The van der Waals surface area contributed by atoms with Crippen molar-refractivity contribution >= 4 is 16.8 Å². The molecule has 0 aliphatic rings. The van der Waals surface area contributed by atoms with Crippen molar-refractivity contribution in [2.24, 2.45) is 0 Å². The fraction of sp³-hybridized carbons (Fsp3) is 0.115. The molecule has 0 unspecified atom stereocenters. The molecule has 0 saturated carbocycles. The highest BCUT2D eigenvalue weighted by Crippen LogP contribution is 2.27. The molecule has 0 spiro atoms. The van der Waals surface area contributed by atoms with Gasteiger partial charge < -0.3 is 9.84 Å². The van der Waals surface area contributed by atoms with Crippen molar-refractivity contribution < 1.29 is 13.7 Å².